The summed E-state index contributed by atoms with van der Waals surface area (Å²) in [7, 11) is 1.42. The minimum absolute atomic E-state index is 0.215. The van der Waals surface area contributed by atoms with Crippen molar-refractivity contribution in [1.82, 2.24) is 14.9 Å². The predicted octanol–water partition coefficient (Wildman–Crippen LogP) is 2.19. The zero-order chi connectivity index (χ0) is 15.4. The van der Waals surface area contributed by atoms with Crippen LogP contribution in [0.15, 0.2) is 18.5 Å². The summed E-state index contributed by atoms with van der Waals surface area (Å²) in [5.74, 6) is -0.215. The van der Waals surface area contributed by atoms with Gasteiger partial charge in [0.2, 0.25) is 0 Å². The second-order valence-electron chi connectivity index (χ2n) is 5.29. The van der Waals surface area contributed by atoms with Crippen LogP contribution < -0.4 is 5.32 Å². The van der Waals surface area contributed by atoms with Crippen molar-refractivity contribution in [3.05, 3.63) is 29.6 Å². The monoisotopic (exact) mass is 289 g/mol. The quantitative estimate of drug-likeness (QED) is 0.828. The van der Waals surface area contributed by atoms with Crippen molar-refractivity contribution in [2.24, 2.45) is 0 Å². The SMILES string of the molecule is CCNC(CCn1cnc2cc(C)c(C)cc21)C(=O)OC. The lowest BCUT2D eigenvalue weighted by Gasteiger charge is -2.15. The maximum Gasteiger partial charge on any atom is 0.322 e. The van der Waals surface area contributed by atoms with Gasteiger partial charge in [0.25, 0.3) is 0 Å². The number of likely N-dealkylation sites (N-methyl/N-ethyl adjacent to an activating group) is 1. The van der Waals surface area contributed by atoms with E-state index >= 15 is 0 Å². The predicted molar refractivity (Wildman–Crippen MR) is 83.3 cm³/mol. The van der Waals surface area contributed by atoms with Crippen LogP contribution in [-0.4, -0.2) is 35.2 Å². The number of esters is 1. The van der Waals surface area contributed by atoms with E-state index in [9.17, 15) is 4.79 Å². The maximum absolute atomic E-state index is 11.7. The number of nitrogens with one attached hydrogen (secondary N) is 1. The Hall–Kier alpha value is -1.88. The highest BCUT2D eigenvalue weighted by Gasteiger charge is 2.18. The van der Waals surface area contributed by atoms with Crippen LogP contribution in [-0.2, 0) is 16.1 Å². The van der Waals surface area contributed by atoms with Crippen LogP contribution in [0.2, 0.25) is 0 Å². The molecule has 2 rings (SSSR count). The lowest BCUT2D eigenvalue weighted by Crippen LogP contribution is -2.38. The third-order valence-electron chi connectivity index (χ3n) is 3.83. The molecule has 0 spiro atoms. The highest BCUT2D eigenvalue weighted by atomic mass is 16.5. The highest BCUT2D eigenvalue weighted by molar-refractivity contribution is 5.77. The van der Waals surface area contributed by atoms with E-state index in [2.05, 4.69) is 40.8 Å². The summed E-state index contributed by atoms with van der Waals surface area (Å²) in [6.45, 7) is 7.64. The van der Waals surface area contributed by atoms with E-state index in [4.69, 9.17) is 4.74 Å². The molecule has 2 aromatic rings. The van der Waals surface area contributed by atoms with Gasteiger partial charge in [0.1, 0.15) is 6.04 Å². The summed E-state index contributed by atoms with van der Waals surface area (Å²) in [4.78, 5) is 16.2. The number of ether oxygens (including phenoxy) is 1. The van der Waals surface area contributed by atoms with Crippen molar-refractivity contribution in [2.75, 3.05) is 13.7 Å². The Bertz CT molecular complexity index is 634. The van der Waals surface area contributed by atoms with Crippen LogP contribution in [0.4, 0.5) is 0 Å². The Balaban J connectivity index is 2.16. The van der Waals surface area contributed by atoms with Gasteiger partial charge in [-0.2, -0.15) is 0 Å². The normalized spacial score (nSPS) is 12.6. The molecule has 5 heteroatoms. The number of benzene rings is 1. The first-order valence-electron chi connectivity index (χ1n) is 7.30. The molecule has 0 saturated carbocycles. The second kappa shape index (κ2) is 6.72. The first-order valence-corrected chi connectivity index (χ1v) is 7.30. The molecule has 0 saturated heterocycles. The molecule has 1 aromatic carbocycles. The summed E-state index contributed by atoms with van der Waals surface area (Å²) < 4.78 is 6.92. The van der Waals surface area contributed by atoms with Crippen LogP contribution in [0.25, 0.3) is 11.0 Å². The van der Waals surface area contributed by atoms with E-state index in [1.54, 1.807) is 0 Å². The Labute approximate surface area is 125 Å². The highest BCUT2D eigenvalue weighted by Crippen LogP contribution is 2.18. The van der Waals surface area contributed by atoms with Crippen molar-refractivity contribution in [3.63, 3.8) is 0 Å². The Kier molecular flexibility index (Phi) is 4.96. The third-order valence-corrected chi connectivity index (χ3v) is 3.83. The molecular formula is C16H23N3O2. The van der Waals surface area contributed by atoms with Crippen molar-refractivity contribution in [2.45, 2.75) is 39.8 Å². The second-order valence-corrected chi connectivity index (χ2v) is 5.29. The first-order chi connectivity index (χ1) is 10.1. The fraction of sp³-hybridized carbons (Fsp3) is 0.500. The van der Waals surface area contributed by atoms with Crippen molar-refractivity contribution in [1.29, 1.82) is 0 Å². The molecule has 0 aliphatic carbocycles. The van der Waals surface area contributed by atoms with Gasteiger partial charge in [-0.25, -0.2) is 4.98 Å². The molecule has 0 aliphatic rings. The van der Waals surface area contributed by atoms with E-state index in [1.165, 1.54) is 18.2 Å². The van der Waals surface area contributed by atoms with Crippen LogP contribution in [0, 0.1) is 13.8 Å². The Morgan fingerprint density at radius 2 is 2.10 bits per heavy atom. The van der Waals surface area contributed by atoms with Crippen LogP contribution in [0.3, 0.4) is 0 Å². The number of hydrogen-bond donors (Lipinski definition) is 1. The molecule has 0 amide bonds. The molecule has 1 N–H and O–H groups in total. The molecule has 21 heavy (non-hydrogen) atoms. The number of rotatable bonds is 6. The van der Waals surface area contributed by atoms with Gasteiger partial charge in [-0.15, -0.1) is 0 Å². The molecule has 1 aromatic heterocycles. The van der Waals surface area contributed by atoms with Gasteiger partial charge in [-0.3, -0.25) is 4.79 Å². The minimum atomic E-state index is -0.274. The molecule has 1 atom stereocenters. The Morgan fingerprint density at radius 1 is 1.38 bits per heavy atom. The number of aromatic nitrogens is 2. The lowest BCUT2D eigenvalue weighted by molar-refractivity contribution is -0.143. The summed E-state index contributed by atoms with van der Waals surface area (Å²) in [5, 5.41) is 3.16. The lowest BCUT2D eigenvalue weighted by atomic mass is 10.1. The molecule has 0 fully saturated rings. The average molecular weight is 289 g/mol. The maximum atomic E-state index is 11.7. The van der Waals surface area contributed by atoms with Gasteiger partial charge in [0.05, 0.1) is 24.5 Å². The molecule has 0 bridgehead atoms. The number of carbonyl (C=O) groups is 1. The zero-order valence-electron chi connectivity index (χ0n) is 13.1. The zero-order valence-corrected chi connectivity index (χ0v) is 13.1. The number of methoxy groups -OCH3 is 1. The van der Waals surface area contributed by atoms with Gasteiger partial charge >= 0.3 is 5.97 Å². The van der Waals surface area contributed by atoms with Gasteiger partial charge < -0.3 is 14.6 Å². The summed E-state index contributed by atoms with van der Waals surface area (Å²) >= 11 is 0. The van der Waals surface area contributed by atoms with Crippen molar-refractivity contribution in [3.8, 4) is 0 Å². The van der Waals surface area contributed by atoms with E-state index in [0.29, 0.717) is 6.42 Å². The number of nitrogens with zero attached hydrogens (tertiary/aromatic N) is 2. The molecule has 114 valence electrons. The molecule has 1 unspecified atom stereocenters. The van der Waals surface area contributed by atoms with Gasteiger partial charge in [0.15, 0.2) is 0 Å². The van der Waals surface area contributed by atoms with Crippen LogP contribution >= 0.6 is 0 Å². The minimum Gasteiger partial charge on any atom is -0.468 e. The summed E-state index contributed by atoms with van der Waals surface area (Å²) in [6.07, 6.45) is 2.52. The number of aryl methyl sites for hydroxylation is 3. The van der Waals surface area contributed by atoms with Crippen molar-refractivity contribution < 1.29 is 9.53 Å². The van der Waals surface area contributed by atoms with Crippen molar-refractivity contribution >= 4 is 17.0 Å². The number of hydrogen-bond acceptors (Lipinski definition) is 4. The smallest absolute Gasteiger partial charge is 0.322 e. The third kappa shape index (κ3) is 3.42. The van der Waals surface area contributed by atoms with Gasteiger partial charge in [-0.05, 0) is 50.1 Å². The van der Waals surface area contributed by atoms with Gasteiger partial charge in [-0.1, -0.05) is 6.92 Å². The van der Waals surface area contributed by atoms with Crippen LogP contribution in [0.5, 0.6) is 0 Å². The summed E-state index contributed by atoms with van der Waals surface area (Å²) in [6, 6.07) is 3.98. The Morgan fingerprint density at radius 3 is 2.76 bits per heavy atom. The fourth-order valence-electron chi connectivity index (χ4n) is 2.45. The fourth-order valence-corrected chi connectivity index (χ4v) is 2.45. The largest absolute Gasteiger partial charge is 0.468 e. The topological polar surface area (TPSA) is 56.2 Å². The summed E-state index contributed by atoms with van der Waals surface area (Å²) in [5.41, 5.74) is 4.60. The van der Waals surface area contributed by atoms with E-state index in [1.807, 2.05) is 13.3 Å². The number of fused-ring (bicyclic) bond motifs is 1. The standard InChI is InChI=1S/C16H23N3O2/c1-5-17-13(16(20)21-4)6-7-19-10-18-14-8-11(2)12(3)9-15(14)19/h8-10,13,17H,5-7H2,1-4H3. The molecule has 0 radical (unpaired) electrons. The van der Waals surface area contributed by atoms with Crippen LogP contribution in [0.1, 0.15) is 24.5 Å². The number of carbonyl (C=O) groups excluding carboxylic acids is 1. The molecular weight excluding hydrogens is 266 g/mol. The average Bonchev–Trinajstić information content (AvgIpc) is 2.85. The van der Waals surface area contributed by atoms with E-state index < -0.39 is 0 Å². The van der Waals surface area contributed by atoms with Gasteiger partial charge in [0, 0.05) is 6.54 Å². The van der Waals surface area contributed by atoms with E-state index in [0.717, 1.165) is 24.1 Å². The molecule has 1 heterocycles. The molecule has 0 aliphatic heterocycles. The first kappa shape index (κ1) is 15.5. The molecule has 5 nitrogen and oxygen atoms in total. The number of imidazole rings is 1. The van der Waals surface area contributed by atoms with E-state index in [-0.39, 0.29) is 12.0 Å².